The molecule has 0 spiro atoms. The summed E-state index contributed by atoms with van der Waals surface area (Å²) in [5, 5.41) is 3.30. The minimum absolute atomic E-state index is 0.787. The highest BCUT2D eigenvalue weighted by atomic mass is 16.5. The van der Waals surface area contributed by atoms with Gasteiger partial charge in [0.05, 0.1) is 30.3 Å². The van der Waals surface area contributed by atoms with Gasteiger partial charge in [0.15, 0.2) is 0 Å². The number of anilines is 1. The summed E-state index contributed by atoms with van der Waals surface area (Å²) in [5.41, 5.74) is 4.86. The zero-order valence-electron chi connectivity index (χ0n) is 13.8. The van der Waals surface area contributed by atoms with Crippen LogP contribution < -0.4 is 10.1 Å². The molecule has 0 atom stereocenters. The maximum absolute atomic E-state index is 5.36. The Kier molecular flexibility index (Phi) is 4.02. The summed E-state index contributed by atoms with van der Waals surface area (Å²) in [6.07, 6.45) is 1.81. The lowest BCUT2D eigenvalue weighted by Crippen LogP contribution is -2.08. The van der Waals surface area contributed by atoms with Crippen LogP contribution in [-0.2, 0) is 7.05 Å². The van der Waals surface area contributed by atoms with Crippen molar-refractivity contribution in [1.82, 2.24) is 9.55 Å². The highest BCUT2D eigenvalue weighted by Crippen LogP contribution is 2.29. The SMILES string of the molecule is COc1ccccc1NC(C)=Nc1c(C)ccc2c1ncn2C. The molecule has 0 saturated carbocycles. The second-order valence-electron chi connectivity index (χ2n) is 5.48. The number of methoxy groups -OCH3 is 1. The number of nitrogens with zero attached hydrogens (tertiary/aromatic N) is 3. The molecule has 0 saturated heterocycles. The van der Waals surface area contributed by atoms with Gasteiger partial charge in [0, 0.05) is 7.05 Å². The van der Waals surface area contributed by atoms with Crippen molar-refractivity contribution in [2.75, 3.05) is 12.4 Å². The highest BCUT2D eigenvalue weighted by Gasteiger charge is 2.09. The monoisotopic (exact) mass is 308 g/mol. The molecule has 23 heavy (non-hydrogen) atoms. The summed E-state index contributed by atoms with van der Waals surface area (Å²) in [4.78, 5) is 9.22. The maximum atomic E-state index is 5.36. The fraction of sp³-hybridized carbons (Fsp3) is 0.222. The summed E-state index contributed by atoms with van der Waals surface area (Å²) in [7, 11) is 3.64. The van der Waals surface area contributed by atoms with E-state index in [-0.39, 0.29) is 0 Å². The van der Waals surface area contributed by atoms with E-state index in [1.54, 1.807) is 7.11 Å². The molecule has 1 N–H and O–H groups in total. The first-order valence-electron chi connectivity index (χ1n) is 7.46. The first-order valence-corrected chi connectivity index (χ1v) is 7.46. The molecule has 3 rings (SSSR count). The molecule has 5 nitrogen and oxygen atoms in total. The molecule has 0 aliphatic rings. The summed E-state index contributed by atoms with van der Waals surface area (Å²) < 4.78 is 7.36. The Bertz CT molecular complexity index is 880. The normalized spacial score (nSPS) is 11.7. The molecule has 0 bridgehead atoms. The zero-order valence-corrected chi connectivity index (χ0v) is 13.8. The number of benzene rings is 2. The van der Waals surface area contributed by atoms with Crippen LogP contribution >= 0.6 is 0 Å². The predicted octanol–water partition coefficient (Wildman–Crippen LogP) is 4.05. The van der Waals surface area contributed by atoms with Crippen molar-refractivity contribution >= 4 is 28.2 Å². The largest absolute Gasteiger partial charge is 0.495 e. The number of imidazole rings is 1. The van der Waals surface area contributed by atoms with Crippen LogP contribution in [0.5, 0.6) is 5.75 Å². The van der Waals surface area contributed by atoms with Gasteiger partial charge in [-0.05, 0) is 37.6 Å². The molecule has 3 aromatic rings. The van der Waals surface area contributed by atoms with E-state index in [0.29, 0.717) is 0 Å². The zero-order chi connectivity index (χ0) is 16.4. The third-order valence-electron chi connectivity index (χ3n) is 3.77. The lowest BCUT2D eigenvalue weighted by atomic mass is 10.1. The van der Waals surface area contributed by atoms with E-state index < -0.39 is 0 Å². The summed E-state index contributed by atoms with van der Waals surface area (Å²) in [6.45, 7) is 3.98. The van der Waals surface area contributed by atoms with Crippen molar-refractivity contribution in [2.24, 2.45) is 12.0 Å². The molecule has 0 radical (unpaired) electrons. The third kappa shape index (κ3) is 2.90. The number of fused-ring (bicyclic) bond motifs is 1. The van der Waals surface area contributed by atoms with Crippen molar-refractivity contribution in [3.05, 3.63) is 48.3 Å². The maximum Gasteiger partial charge on any atom is 0.142 e. The summed E-state index contributed by atoms with van der Waals surface area (Å²) >= 11 is 0. The van der Waals surface area contributed by atoms with Crippen LogP contribution in [-0.4, -0.2) is 22.5 Å². The van der Waals surface area contributed by atoms with E-state index in [1.165, 1.54) is 0 Å². The van der Waals surface area contributed by atoms with Crippen LogP contribution in [0.2, 0.25) is 0 Å². The average Bonchev–Trinajstić information content (AvgIpc) is 2.92. The van der Waals surface area contributed by atoms with Crippen LogP contribution in [0, 0.1) is 6.92 Å². The number of ether oxygens (including phenoxy) is 1. The quantitative estimate of drug-likeness (QED) is 0.586. The molecule has 118 valence electrons. The Morgan fingerprint density at radius 2 is 2.00 bits per heavy atom. The Morgan fingerprint density at radius 1 is 1.22 bits per heavy atom. The molecular formula is C18H20N4O. The lowest BCUT2D eigenvalue weighted by Gasteiger charge is -2.11. The Morgan fingerprint density at radius 3 is 2.78 bits per heavy atom. The second kappa shape index (κ2) is 6.12. The van der Waals surface area contributed by atoms with Gasteiger partial charge in [0.2, 0.25) is 0 Å². The van der Waals surface area contributed by atoms with E-state index >= 15 is 0 Å². The van der Waals surface area contributed by atoms with E-state index in [2.05, 4.69) is 22.4 Å². The van der Waals surface area contributed by atoms with Crippen LogP contribution in [0.3, 0.4) is 0 Å². The fourth-order valence-corrected chi connectivity index (χ4v) is 2.57. The molecule has 1 heterocycles. The van der Waals surface area contributed by atoms with Crippen molar-refractivity contribution in [3.63, 3.8) is 0 Å². The molecule has 0 aliphatic heterocycles. The summed E-state index contributed by atoms with van der Waals surface area (Å²) in [5.74, 6) is 1.57. The van der Waals surface area contributed by atoms with Gasteiger partial charge in [-0.15, -0.1) is 0 Å². The van der Waals surface area contributed by atoms with Crippen LogP contribution in [0.1, 0.15) is 12.5 Å². The first-order chi connectivity index (χ1) is 11.1. The second-order valence-corrected chi connectivity index (χ2v) is 5.48. The van der Waals surface area contributed by atoms with Crippen molar-refractivity contribution in [1.29, 1.82) is 0 Å². The van der Waals surface area contributed by atoms with E-state index in [1.807, 2.05) is 56.1 Å². The number of nitrogens with one attached hydrogen (secondary N) is 1. The Labute approximate surface area is 135 Å². The van der Waals surface area contributed by atoms with Gasteiger partial charge in [-0.1, -0.05) is 18.2 Å². The molecule has 0 amide bonds. The predicted molar refractivity (Wildman–Crippen MR) is 94.8 cm³/mol. The number of aryl methyl sites for hydroxylation is 2. The number of amidine groups is 1. The average molecular weight is 308 g/mol. The minimum Gasteiger partial charge on any atom is -0.495 e. The number of hydrogen-bond donors (Lipinski definition) is 1. The van der Waals surface area contributed by atoms with Crippen LogP contribution in [0.4, 0.5) is 11.4 Å². The molecule has 1 aromatic heterocycles. The first kappa shape index (κ1) is 15.1. The van der Waals surface area contributed by atoms with Crippen molar-refractivity contribution in [2.45, 2.75) is 13.8 Å². The molecule has 5 heteroatoms. The lowest BCUT2D eigenvalue weighted by molar-refractivity contribution is 0.417. The fourth-order valence-electron chi connectivity index (χ4n) is 2.57. The topological polar surface area (TPSA) is 51.4 Å². The van der Waals surface area contributed by atoms with Gasteiger partial charge in [-0.2, -0.15) is 0 Å². The van der Waals surface area contributed by atoms with Gasteiger partial charge >= 0.3 is 0 Å². The van der Waals surface area contributed by atoms with E-state index in [9.17, 15) is 0 Å². The standard InChI is InChI=1S/C18H20N4O/c1-12-9-10-15-18(19-11-22(15)3)17(12)21-13(2)20-14-7-5-6-8-16(14)23-4/h5-11H,1-4H3,(H,20,21). The van der Waals surface area contributed by atoms with Crippen LogP contribution in [0.15, 0.2) is 47.7 Å². The number of hydrogen-bond acceptors (Lipinski definition) is 3. The Balaban J connectivity index is 1.99. The Hall–Kier alpha value is -2.82. The van der Waals surface area contributed by atoms with Gasteiger partial charge in [0.25, 0.3) is 0 Å². The minimum atomic E-state index is 0.787. The highest BCUT2D eigenvalue weighted by molar-refractivity contribution is 5.99. The molecule has 0 unspecified atom stereocenters. The van der Waals surface area contributed by atoms with Crippen LogP contribution in [0.25, 0.3) is 11.0 Å². The van der Waals surface area contributed by atoms with E-state index in [0.717, 1.165) is 39.6 Å². The summed E-state index contributed by atoms with van der Waals surface area (Å²) in [6, 6.07) is 11.9. The number of rotatable bonds is 3. The number of aliphatic imine (C=N–C) groups is 1. The molecule has 2 aromatic carbocycles. The van der Waals surface area contributed by atoms with Crippen molar-refractivity contribution < 1.29 is 4.74 Å². The van der Waals surface area contributed by atoms with Crippen molar-refractivity contribution in [3.8, 4) is 5.75 Å². The van der Waals surface area contributed by atoms with Gasteiger partial charge in [-0.3, -0.25) is 0 Å². The number of para-hydroxylation sites is 2. The third-order valence-corrected chi connectivity index (χ3v) is 3.77. The van der Waals surface area contributed by atoms with E-state index in [4.69, 9.17) is 9.73 Å². The van der Waals surface area contributed by atoms with Gasteiger partial charge in [0.1, 0.15) is 17.1 Å². The molecular weight excluding hydrogens is 288 g/mol. The van der Waals surface area contributed by atoms with Gasteiger partial charge < -0.3 is 14.6 Å². The smallest absolute Gasteiger partial charge is 0.142 e. The number of aromatic nitrogens is 2. The molecule has 0 aliphatic carbocycles. The molecule has 0 fully saturated rings. The van der Waals surface area contributed by atoms with Gasteiger partial charge in [-0.25, -0.2) is 9.98 Å².